The minimum absolute atomic E-state index is 0.00739. The number of hydrogen-bond donors (Lipinski definition) is 3. The van der Waals surface area contributed by atoms with Crippen molar-refractivity contribution in [1.29, 1.82) is 0 Å². The summed E-state index contributed by atoms with van der Waals surface area (Å²) < 4.78 is 0. The van der Waals surface area contributed by atoms with Crippen LogP contribution in [0.15, 0.2) is 70.8 Å². The molecule has 152 valence electrons. The molecule has 1 aromatic heterocycles. The zero-order valence-corrected chi connectivity index (χ0v) is 17.5. The van der Waals surface area contributed by atoms with Crippen LogP contribution in [0.1, 0.15) is 26.4 Å². The largest absolute Gasteiger partial charge is 0.507 e. The lowest BCUT2D eigenvalue weighted by atomic mass is 10.1. The van der Waals surface area contributed by atoms with Crippen LogP contribution in [0.5, 0.6) is 5.75 Å². The lowest BCUT2D eigenvalue weighted by Gasteiger charge is -2.09. The zero-order valence-electron chi connectivity index (χ0n) is 15.9. The van der Waals surface area contributed by atoms with Gasteiger partial charge in [-0.3, -0.25) is 9.59 Å². The smallest absolute Gasteiger partial charge is 0.287 e. The fraction of sp³-hybridized carbons (Fsp3) is 0.0455. The molecule has 0 saturated heterocycles. The number of hydrazone groups is 1. The number of carbonyl (C=O) groups is 2. The Morgan fingerprint density at radius 1 is 1.10 bits per heavy atom. The average molecular weight is 440 g/mol. The number of rotatable bonds is 6. The Morgan fingerprint density at radius 3 is 2.63 bits per heavy atom. The molecule has 0 aliphatic heterocycles. The number of para-hydroxylation sites is 1. The number of hydrogen-bond acceptors (Lipinski definition) is 5. The Kier molecular flexibility index (Phi) is 7.00. The van der Waals surface area contributed by atoms with E-state index in [1.165, 1.54) is 17.6 Å². The zero-order chi connectivity index (χ0) is 21.5. The van der Waals surface area contributed by atoms with E-state index in [0.29, 0.717) is 11.1 Å². The summed E-state index contributed by atoms with van der Waals surface area (Å²) in [6.07, 6.45) is 2.88. The maximum Gasteiger partial charge on any atom is 0.287 e. The maximum atomic E-state index is 12.7. The van der Waals surface area contributed by atoms with E-state index in [9.17, 15) is 14.7 Å². The van der Waals surface area contributed by atoms with E-state index in [4.69, 9.17) is 11.6 Å². The molecule has 0 bridgehead atoms. The number of aryl methyl sites for hydroxylation is 1. The first-order valence-corrected chi connectivity index (χ1v) is 10.1. The highest BCUT2D eigenvalue weighted by molar-refractivity contribution is 7.10. The quantitative estimate of drug-likeness (QED) is 0.303. The molecule has 1 heterocycles. The Bertz CT molecular complexity index is 1120. The molecule has 0 unspecified atom stereocenters. The lowest BCUT2D eigenvalue weighted by Crippen LogP contribution is -2.33. The van der Waals surface area contributed by atoms with Gasteiger partial charge in [-0.25, -0.2) is 5.43 Å². The molecule has 0 radical (unpaired) electrons. The first kappa shape index (κ1) is 21.3. The van der Waals surface area contributed by atoms with E-state index >= 15 is 0 Å². The molecule has 0 atom stereocenters. The first-order valence-electron chi connectivity index (χ1n) is 8.89. The van der Waals surface area contributed by atoms with Crippen molar-refractivity contribution < 1.29 is 14.7 Å². The fourth-order valence-corrected chi connectivity index (χ4v) is 3.39. The molecule has 3 rings (SSSR count). The summed E-state index contributed by atoms with van der Waals surface area (Å²) in [7, 11) is 0. The average Bonchev–Trinajstić information content (AvgIpc) is 3.24. The Labute approximate surface area is 182 Å². The van der Waals surface area contributed by atoms with Crippen molar-refractivity contribution in [3.05, 3.63) is 92.3 Å². The van der Waals surface area contributed by atoms with Gasteiger partial charge in [-0.2, -0.15) is 5.10 Å². The molecule has 0 aliphatic rings. The standard InChI is InChI=1S/C22H18ClN3O3S/c1-14-6-4-7-15(20(14)27)13-24-26-22(29)19(12-16-8-5-11-30-16)25-21(28)17-9-2-3-10-18(17)23/h2-13,27H,1H3,(H,25,28)(H,26,29)/b19-12+,24-13+. The molecule has 0 saturated carbocycles. The van der Waals surface area contributed by atoms with Gasteiger partial charge in [-0.1, -0.05) is 41.9 Å². The number of aromatic hydroxyl groups is 1. The Balaban J connectivity index is 1.79. The predicted octanol–water partition coefficient (Wildman–Crippen LogP) is 4.34. The third-order valence-corrected chi connectivity index (χ3v) is 5.23. The van der Waals surface area contributed by atoms with Crippen LogP contribution >= 0.6 is 22.9 Å². The van der Waals surface area contributed by atoms with Gasteiger partial charge >= 0.3 is 0 Å². The van der Waals surface area contributed by atoms with Crippen LogP contribution in [-0.4, -0.2) is 23.1 Å². The second-order valence-corrected chi connectivity index (χ2v) is 7.61. The van der Waals surface area contributed by atoms with Crippen molar-refractivity contribution in [2.24, 2.45) is 5.10 Å². The van der Waals surface area contributed by atoms with Gasteiger partial charge in [0.05, 0.1) is 16.8 Å². The van der Waals surface area contributed by atoms with Gasteiger partial charge < -0.3 is 10.4 Å². The van der Waals surface area contributed by atoms with E-state index in [-0.39, 0.29) is 22.0 Å². The number of phenolic OH excluding ortho intramolecular Hbond substituents is 1. The molecule has 2 aromatic carbocycles. The van der Waals surface area contributed by atoms with Crippen LogP contribution < -0.4 is 10.7 Å². The van der Waals surface area contributed by atoms with E-state index in [1.807, 2.05) is 17.5 Å². The molecule has 3 aromatic rings. The number of benzene rings is 2. The molecule has 0 aliphatic carbocycles. The van der Waals surface area contributed by atoms with Crippen LogP contribution in [0, 0.1) is 6.92 Å². The van der Waals surface area contributed by atoms with Gasteiger partial charge in [-0.15, -0.1) is 11.3 Å². The summed E-state index contributed by atoms with van der Waals surface area (Å²) >= 11 is 7.49. The minimum Gasteiger partial charge on any atom is -0.507 e. The number of thiophene rings is 1. The van der Waals surface area contributed by atoms with Crippen LogP contribution in [-0.2, 0) is 4.79 Å². The first-order chi connectivity index (χ1) is 14.5. The fourth-order valence-electron chi connectivity index (χ4n) is 2.52. The molecule has 0 fully saturated rings. The molecule has 0 spiro atoms. The van der Waals surface area contributed by atoms with Gasteiger partial charge in [0.15, 0.2) is 0 Å². The third-order valence-electron chi connectivity index (χ3n) is 4.08. The van der Waals surface area contributed by atoms with Crippen molar-refractivity contribution in [3.8, 4) is 5.75 Å². The Morgan fingerprint density at radius 2 is 1.90 bits per heavy atom. The highest BCUT2D eigenvalue weighted by Crippen LogP contribution is 2.19. The van der Waals surface area contributed by atoms with Crippen LogP contribution in [0.4, 0.5) is 0 Å². The van der Waals surface area contributed by atoms with Gasteiger partial charge in [0.1, 0.15) is 11.4 Å². The summed E-state index contributed by atoms with van der Waals surface area (Å²) in [5, 5.41) is 18.6. The highest BCUT2D eigenvalue weighted by Gasteiger charge is 2.16. The molecule has 6 nitrogen and oxygen atoms in total. The maximum absolute atomic E-state index is 12.7. The van der Waals surface area contributed by atoms with Gasteiger partial charge in [-0.05, 0) is 48.2 Å². The molecule has 30 heavy (non-hydrogen) atoms. The lowest BCUT2D eigenvalue weighted by molar-refractivity contribution is -0.117. The van der Waals surface area contributed by atoms with Crippen LogP contribution in [0.3, 0.4) is 0 Å². The summed E-state index contributed by atoms with van der Waals surface area (Å²) in [6, 6.07) is 15.4. The highest BCUT2D eigenvalue weighted by atomic mass is 35.5. The number of amides is 2. The minimum atomic E-state index is -0.618. The van der Waals surface area contributed by atoms with Gasteiger partial charge in [0.2, 0.25) is 0 Å². The van der Waals surface area contributed by atoms with E-state index in [1.54, 1.807) is 55.5 Å². The summed E-state index contributed by atoms with van der Waals surface area (Å²) in [5.74, 6) is -1.05. The topological polar surface area (TPSA) is 90.8 Å². The second kappa shape index (κ2) is 9.87. The number of nitrogens with zero attached hydrogens (tertiary/aromatic N) is 1. The van der Waals surface area contributed by atoms with Gasteiger partial charge in [0.25, 0.3) is 11.8 Å². The normalized spacial score (nSPS) is 11.5. The van der Waals surface area contributed by atoms with E-state index < -0.39 is 11.8 Å². The van der Waals surface area contributed by atoms with Gasteiger partial charge in [0, 0.05) is 10.4 Å². The van der Waals surface area contributed by atoms with Crippen LogP contribution in [0.25, 0.3) is 6.08 Å². The molecular weight excluding hydrogens is 422 g/mol. The van der Waals surface area contributed by atoms with Crippen molar-refractivity contribution >= 4 is 47.0 Å². The third kappa shape index (κ3) is 5.34. The number of nitrogens with one attached hydrogen (secondary N) is 2. The molecule has 2 amide bonds. The summed E-state index contributed by atoms with van der Waals surface area (Å²) in [6.45, 7) is 1.76. The number of carbonyl (C=O) groups excluding carboxylic acids is 2. The van der Waals surface area contributed by atoms with Crippen molar-refractivity contribution in [3.63, 3.8) is 0 Å². The van der Waals surface area contributed by atoms with E-state index in [2.05, 4.69) is 15.8 Å². The SMILES string of the molecule is Cc1cccc(/C=N/NC(=O)/C(=C\c2cccs2)NC(=O)c2ccccc2Cl)c1O. The monoisotopic (exact) mass is 439 g/mol. The summed E-state index contributed by atoms with van der Waals surface area (Å²) in [5.41, 5.74) is 3.77. The van der Waals surface area contributed by atoms with E-state index in [0.717, 1.165) is 4.88 Å². The number of phenols is 1. The van der Waals surface area contributed by atoms with Crippen molar-refractivity contribution in [2.75, 3.05) is 0 Å². The number of halogens is 1. The van der Waals surface area contributed by atoms with Crippen molar-refractivity contribution in [2.45, 2.75) is 6.92 Å². The predicted molar refractivity (Wildman–Crippen MR) is 120 cm³/mol. The molecule has 3 N–H and O–H groups in total. The second-order valence-electron chi connectivity index (χ2n) is 6.22. The van der Waals surface area contributed by atoms with Crippen LogP contribution in [0.2, 0.25) is 5.02 Å². The van der Waals surface area contributed by atoms with Crippen molar-refractivity contribution in [1.82, 2.24) is 10.7 Å². The molecule has 8 heteroatoms. The molecular formula is C22H18ClN3O3S. The summed E-state index contributed by atoms with van der Waals surface area (Å²) in [4.78, 5) is 26.0. The Hall–Kier alpha value is -3.42.